The molecule has 2 rings (SSSR count). The van der Waals surface area contributed by atoms with Gasteiger partial charge in [-0.15, -0.1) is 0 Å². The van der Waals surface area contributed by atoms with Crippen LogP contribution in [-0.2, 0) is 15.4 Å². The van der Waals surface area contributed by atoms with Crippen LogP contribution in [-0.4, -0.2) is 37.2 Å². The van der Waals surface area contributed by atoms with E-state index in [1.807, 2.05) is 0 Å². The number of nitrogens with two attached hydrogens (primary N) is 1. The van der Waals surface area contributed by atoms with Crippen LogP contribution in [0.4, 0.5) is 8.78 Å². The van der Waals surface area contributed by atoms with Gasteiger partial charge in [0.25, 0.3) is 0 Å². The molecule has 0 aromatic heterocycles. The molecule has 1 aliphatic heterocycles. The van der Waals surface area contributed by atoms with Crippen LogP contribution in [0, 0.1) is 17.1 Å². The predicted molar refractivity (Wildman–Crippen MR) is 119 cm³/mol. The zero-order valence-electron chi connectivity index (χ0n) is 17.6. The van der Waals surface area contributed by atoms with Crippen LogP contribution in [0.25, 0.3) is 6.08 Å². The molecule has 1 atom stereocenters. The minimum absolute atomic E-state index is 0.0202. The number of halogens is 2. The Kier molecular flexibility index (Phi) is 6.61. The molecule has 0 fully saturated rings. The van der Waals surface area contributed by atoms with Gasteiger partial charge in [0.05, 0.1) is 17.7 Å². The molecule has 31 heavy (non-hydrogen) atoms. The summed E-state index contributed by atoms with van der Waals surface area (Å²) < 4.78 is 53.3. The molecule has 7 nitrogen and oxygen atoms in total. The maximum atomic E-state index is 14.7. The summed E-state index contributed by atoms with van der Waals surface area (Å²) in [5.74, 6) is -1.99. The van der Waals surface area contributed by atoms with Gasteiger partial charge in [0, 0.05) is 5.56 Å². The Bertz CT molecular complexity index is 1190. The number of nitrogens with zero attached hydrogens (tertiary/aromatic N) is 4. The number of benzene rings is 1. The number of sulfone groups is 1. The van der Waals surface area contributed by atoms with E-state index in [0.717, 1.165) is 18.3 Å². The quantitative estimate of drug-likeness (QED) is 0.549. The summed E-state index contributed by atoms with van der Waals surface area (Å²) in [5, 5.41) is 8.78. The van der Waals surface area contributed by atoms with Crippen LogP contribution in [0.2, 0.25) is 0 Å². The Morgan fingerprint density at radius 2 is 2.03 bits per heavy atom. The first-order valence-electron chi connectivity index (χ1n) is 9.14. The van der Waals surface area contributed by atoms with Crippen molar-refractivity contribution in [1.29, 1.82) is 5.26 Å². The number of amidine groups is 1. The molecule has 0 radical (unpaired) electrons. The fraction of sp³-hybridized carbons (Fsp3) is 0.333. The highest BCUT2D eigenvalue weighted by Gasteiger charge is 2.49. The largest absolute Gasteiger partial charge is 0.386 e. The van der Waals surface area contributed by atoms with E-state index in [0.29, 0.717) is 0 Å². The Labute approximate surface area is 180 Å². The lowest BCUT2D eigenvalue weighted by Gasteiger charge is -2.38. The van der Waals surface area contributed by atoms with Crippen molar-refractivity contribution >= 4 is 34.2 Å². The Balaban J connectivity index is 2.52. The first kappa shape index (κ1) is 24.1. The lowest BCUT2D eigenvalue weighted by Crippen LogP contribution is -2.55. The maximum Gasteiger partial charge on any atom is 0.165 e. The molecule has 1 heterocycles. The minimum Gasteiger partial charge on any atom is -0.386 e. The number of nitriles is 1. The first-order chi connectivity index (χ1) is 14.3. The first-order valence-corrected chi connectivity index (χ1v) is 10.8. The summed E-state index contributed by atoms with van der Waals surface area (Å²) in [4.78, 5) is 11.5. The Hall–Kier alpha value is -3.19. The molecule has 0 saturated heterocycles. The number of aliphatic imine (C=N–C) groups is 3. The third kappa shape index (κ3) is 4.77. The van der Waals surface area contributed by atoms with Crippen LogP contribution in [0.1, 0.15) is 38.8 Å². The second-order valence-electron chi connectivity index (χ2n) is 7.77. The normalized spacial score (nSPS) is 23.6. The number of rotatable bonds is 5. The summed E-state index contributed by atoms with van der Waals surface area (Å²) >= 11 is 0. The molecular weight excluding hydrogens is 424 g/mol. The Morgan fingerprint density at radius 3 is 2.58 bits per heavy atom. The van der Waals surface area contributed by atoms with Crippen molar-refractivity contribution in [3.05, 3.63) is 52.9 Å². The third-order valence-corrected chi connectivity index (χ3v) is 7.81. The van der Waals surface area contributed by atoms with E-state index < -0.39 is 37.5 Å². The van der Waals surface area contributed by atoms with Crippen molar-refractivity contribution < 1.29 is 17.2 Å². The van der Waals surface area contributed by atoms with Gasteiger partial charge in [-0.25, -0.2) is 17.2 Å². The zero-order valence-corrected chi connectivity index (χ0v) is 18.5. The summed E-state index contributed by atoms with van der Waals surface area (Å²) in [6.07, 6.45) is 2.18. The molecule has 2 N–H and O–H groups in total. The number of hydrogen-bond acceptors (Lipinski definition) is 7. The number of allylic oxidation sites excluding steroid dienone is 2. The Morgan fingerprint density at radius 1 is 1.39 bits per heavy atom. The van der Waals surface area contributed by atoms with Crippen molar-refractivity contribution in [3.63, 3.8) is 0 Å². The van der Waals surface area contributed by atoms with E-state index in [4.69, 9.17) is 11.0 Å². The molecule has 0 unspecified atom stereocenters. The van der Waals surface area contributed by atoms with Crippen molar-refractivity contribution in [2.24, 2.45) is 20.7 Å². The van der Waals surface area contributed by atoms with Crippen LogP contribution < -0.4 is 5.73 Å². The molecule has 0 bridgehead atoms. The molecule has 10 heteroatoms. The molecule has 0 spiro atoms. The average molecular weight is 448 g/mol. The molecule has 0 saturated carbocycles. The van der Waals surface area contributed by atoms with Crippen LogP contribution in [0.15, 0.2) is 50.9 Å². The van der Waals surface area contributed by atoms with E-state index in [2.05, 4.69) is 21.7 Å². The highest BCUT2D eigenvalue weighted by molar-refractivity contribution is 7.93. The van der Waals surface area contributed by atoms with Gasteiger partial charge in [0.1, 0.15) is 33.8 Å². The second-order valence-corrected chi connectivity index (χ2v) is 10.3. The fourth-order valence-electron chi connectivity index (χ4n) is 2.90. The summed E-state index contributed by atoms with van der Waals surface area (Å²) in [7, 11) is -3.73. The van der Waals surface area contributed by atoms with Gasteiger partial charge in [0.2, 0.25) is 0 Å². The molecular formula is C21H23F2N5O2S. The summed E-state index contributed by atoms with van der Waals surface area (Å²) in [6.45, 7) is 8.94. The van der Waals surface area contributed by atoms with Crippen LogP contribution in [0.3, 0.4) is 0 Å². The monoisotopic (exact) mass is 447 g/mol. The lowest BCUT2D eigenvalue weighted by molar-refractivity contribution is 0.475. The van der Waals surface area contributed by atoms with Gasteiger partial charge < -0.3 is 5.73 Å². The van der Waals surface area contributed by atoms with Gasteiger partial charge in [0.15, 0.2) is 15.5 Å². The van der Waals surface area contributed by atoms with Crippen molar-refractivity contribution in [2.45, 2.75) is 38.0 Å². The highest BCUT2D eigenvalue weighted by Crippen LogP contribution is 2.38. The van der Waals surface area contributed by atoms with Crippen molar-refractivity contribution in [1.82, 2.24) is 0 Å². The van der Waals surface area contributed by atoms with Gasteiger partial charge >= 0.3 is 0 Å². The average Bonchev–Trinajstić information content (AvgIpc) is 2.68. The number of hydrogen-bond donors (Lipinski definition) is 1. The zero-order chi connectivity index (χ0) is 23.6. The van der Waals surface area contributed by atoms with Gasteiger partial charge in [-0.1, -0.05) is 6.07 Å². The molecule has 164 valence electrons. The molecule has 1 aromatic rings. The smallest absolute Gasteiger partial charge is 0.165 e. The van der Waals surface area contributed by atoms with Gasteiger partial charge in [-0.05, 0) is 58.2 Å². The summed E-state index contributed by atoms with van der Waals surface area (Å²) in [6, 6.07) is 5.51. The van der Waals surface area contributed by atoms with E-state index in [-0.39, 0.29) is 28.4 Å². The summed E-state index contributed by atoms with van der Waals surface area (Å²) in [5.41, 5.74) is 4.57. The molecule has 1 aliphatic rings. The second kappa shape index (κ2) is 8.51. The van der Waals surface area contributed by atoms with Crippen molar-refractivity contribution in [3.8, 4) is 6.07 Å². The highest BCUT2D eigenvalue weighted by atomic mass is 32.2. The topological polar surface area (TPSA) is 121 Å². The van der Waals surface area contributed by atoms with Crippen LogP contribution in [0.5, 0.6) is 0 Å². The van der Waals surface area contributed by atoms with E-state index in [1.165, 1.54) is 39.8 Å². The fourth-order valence-corrected chi connectivity index (χ4v) is 4.59. The van der Waals surface area contributed by atoms with E-state index >= 15 is 0 Å². The van der Waals surface area contributed by atoms with Gasteiger partial charge in [-0.3, -0.25) is 15.0 Å². The van der Waals surface area contributed by atoms with Crippen molar-refractivity contribution in [2.75, 3.05) is 5.75 Å². The lowest BCUT2D eigenvalue weighted by atomic mass is 9.91. The SMILES string of the molecule is C=N\C(C#N)=C/N=C(C)/C(F)=C/c1ccc(F)c([C@]2(C)CS(=O)(=O)C(C)(C)C(N)=N2)c1. The van der Waals surface area contributed by atoms with Crippen LogP contribution >= 0.6 is 0 Å². The third-order valence-electron chi connectivity index (χ3n) is 5.11. The van der Waals surface area contributed by atoms with E-state index in [9.17, 15) is 17.2 Å². The minimum atomic E-state index is -3.73. The molecule has 0 aliphatic carbocycles. The molecule has 1 aromatic carbocycles. The maximum absolute atomic E-state index is 14.7. The predicted octanol–water partition coefficient (Wildman–Crippen LogP) is 3.44. The molecule has 0 amide bonds. The van der Waals surface area contributed by atoms with Gasteiger partial charge in [-0.2, -0.15) is 5.26 Å². The van der Waals surface area contributed by atoms with E-state index in [1.54, 1.807) is 6.07 Å². The standard InChI is InChI=1S/C21H23F2N5O2S/c1-13(27-11-15(10-24)26-5)18(23)9-14-6-7-17(22)16(8-14)21(4)12-31(29,30)20(2,3)19(25)28-21/h6-9,11H,5,12H2,1-4H3,(H2,25,28)/b15-11-,18-9-,27-13+/t21-/m0/s1.